The predicted molar refractivity (Wildman–Crippen MR) is 148 cm³/mol. The van der Waals surface area contributed by atoms with Gasteiger partial charge in [-0.25, -0.2) is 8.78 Å². The van der Waals surface area contributed by atoms with Gasteiger partial charge in [-0.1, -0.05) is 6.07 Å². The molecule has 41 heavy (non-hydrogen) atoms. The highest BCUT2D eigenvalue weighted by atomic mass is 19.1. The molecule has 2 fully saturated rings. The number of H-pyrrole nitrogens is 1. The van der Waals surface area contributed by atoms with E-state index < -0.39 is 29.2 Å². The number of piperazine rings is 1. The van der Waals surface area contributed by atoms with Crippen molar-refractivity contribution in [3.8, 4) is 34.2 Å². The summed E-state index contributed by atoms with van der Waals surface area (Å²) < 4.78 is 37.0. The number of fused-ring (bicyclic) bond motifs is 4. The molecular weight excluding hydrogens is 530 g/mol. The van der Waals surface area contributed by atoms with E-state index >= 15 is 8.78 Å². The fourth-order valence-electron chi connectivity index (χ4n) is 6.01. The van der Waals surface area contributed by atoms with Crippen molar-refractivity contribution in [2.45, 2.75) is 12.1 Å². The second kappa shape index (κ2) is 9.54. The zero-order valence-electron chi connectivity index (χ0n) is 22.2. The molecule has 0 saturated carbocycles. The molecule has 4 aromatic rings. The number of hydrogen-bond acceptors (Lipinski definition) is 7. The number of halogens is 2. The van der Waals surface area contributed by atoms with Gasteiger partial charge in [-0.05, 0) is 43.4 Å². The number of carbonyl (C=O) groups is 1. The van der Waals surface area contributed by atoms with Crippen molar-refractivity contribution in [3.63, 3.8) is 0 Å². The minimum Gasteiger partial charge on any atom is -0.489 e. The number of benzene rings is 3. The minimum absolute atomic E-state index is 0.0605. The van der Waals surface area contributed by atoms with Crippen LogP contribution in [-0.2, 0) is 0 Å². The highest BCUT2D eigenvalue weighted by Gasteiger charge is 2.33. The van der Waals surface area contributed by atoms with E-state index in [9.17, 15) is 15.2 Å². The minimum atomic E-state index is -0.959. The number of hydrogen-bond donors (Lipinski definition) is 2. The number of rotatable bonds is 3. The van der Waals surface area contributed by atoms with E-state index in [4.69, 9.17) is 4.74 Å². The lowest BCUT2D eigenvalue weighted by Crippen LogP contribution is -2.56. The lowest BCUT2D eigenvalue weighted by molar-refractivity contribution is 0.00584. The number of anilines is 1. The summed E-state index contributed by atoms with van der Waals surface area (Å²) in [5, 5.41) is 27.3. The third kappa shape index (κ3) is 4.18. The average molecular weight is 557 g/mol. The van der Waals surface area contributed by atoms with Crippen LogP contribution >= 0.6 is 0 Å². The van der Waals surface area contributed by atoms with Crippen LogP contribution in [0.1, 0.15) is 15.9 Å². The highest BCUT2D eigenvalue weighted by Crippen LogP contribution is 2.41. The largest absolute Gasteiger partial charge is 0.489 e. The standard InChI is InChI=1S/C30H26F2N6O3/c1-36-4-5-38-19(12-36)15-41-27-9-16(2-3-26(27)38)29-22-10-21(18(11-33)8-25(22)34-35-29)28-23(31)6-17(7-24(28)32)30(40)37-13-20(39)14-37/h2-3,6-10,19-20,39H,4-5,12-15H2,1H3,(H,34,35). The summed E-state index contributed by atoms with van der Waals surface area (Å²) in [6.07, 6.45) is -0.632. The van der Waals surface area contributed by atoms with Gasteiger partial charge in [0, 0.05) is 54.8 Å². The number of nitriles is 1. The van der Waals surface area contributed by atoms with Crippen molar-refractivity contribution in [2.75, 3.05) is 51.3 Å². The Morgan fingerprint density at radius 2 is 1.90 bits per heavy atom. The Kier molecular flexibility index (Phi) is 5.92. The quantitative estimate of drug-likeness (QED) is 0.398. The summed E-state index contributed by atoms with van der Waals surface area (Å²) in [5.41, 5.74) is 2.45. The van der Waals surface area contributed by atoms with Gasteiger partial charge in [-0.2, -0.15) is 10.4 Å². The first-order valence-corrected chi connectivity index (χ1v) is 13.4. The van der Waals surface area contributed by atoms with Gasteiger partial charge in [0.05, 0.1) is 40.5 Å². The Morgan fingerprint density at radius 1 is 1.12 bits per heavy atom. The molecule has 7 rings (SSSR count). The van der Waals surface area contributed by atoms with E-state index in [0.29, 0.717) is 23.2 Å². The van der Waals surface area contributed by atoms with Gasteiger partial charge in [-0.3, -0.25) is 9.89 Å². The molecule has 1 aromatic heterocycles. The SMILES string of the molecule is CN1CCN2c3ccc(-c4n[nH]c5cc(C#N)c(-c6c(F)cc(C(=O)N7CC(O)C7)cc6F)cc45)cc3OCC2C1. The molecule has 1 unspecified atom stereocenters. The molecule has 3 aliphatic heterocycles. The van der Waals surface area contributed by atoms with Crippen LogP contribution in [0.15, 0.2) is 42.5 Å². The van der Waals surface area contributed by atoms with Gasteiger partial charge in [0.1, 0.15) is 29.7 Å². The lowest BCUT2D eigenvalue weighted by Gasteiger charge is -2.44. The second-order valence-corrected chi connectivity index (χ2v) is 10.9. The zero-order chi connectivity index (χ0) is 28.4. The molecule has 4 heterocycles. The number of ether oxygens (including phenoxy) is 1. The second-order valence-electron chi connectivity index (χ2n) is 10.9. The maximum atomic E-state index is 15.4. The Labute approximate surface area is 234 Å². The van der Waals surface area contributed by atoms with Gasteiger partial charge in [0.25, 0.3) is 5.91 Å². The Balaban J connectivity index is 1.27. The molecule has 0 bridgehead atoms. The number of carbonyl (C=O) groups excluding carboxylic acids is 1. The smallest absolute Gasteiger partial charge is 0.254 e. The average Bonchev–Trinajstić information content (AvgIpc) is 3.36. The first-order chi connectivity index (χ1) is 19.8. The maximum absolute atomic E-state index is 15.4. The Bertz CT molecular complexity index is 1740. The molecule has 2 saturated heterocycles. The molecule has 1 atom stereocenters. The normalized spacial score (nSPS) is 18.9. The Morgan fingerprint density at radius 3 is 2.63 bits per heavy atom. The van der Waals surface area contributed by atoms with E-state index in [1.54, 1.807) is 6.07 Å². The van der Waals surface area contributed by atoms with Crippen LogP contribution in [-0.4, -0.2) is 89.5 Å². The molecule has 0 radical (unpaired) electrons. The number of likely N-dealkylation sites (tertiary alicyclic amines) is 1. The fraction of sp³-hybridized carbons (Fsp3) is 0.300. The van der Waals surface area contributed by atoms with Crippen molar-refractivity contribution < 1.29 is 23.4 Å². The lowest BCUT2D eigenvalue weighted by atomic mass is 9.94. The summed E-state index contributed by atoms with van der Waals surface area (Å²) in [4.78, 5) is 18.6. The van der Waals surface area contributed by atoms with E-state index in [1.807, 2.05) is 24.3 Å². The number of aromatic amines is 1. The molecule has 9 nitrogen and oxygen atoms in total. The third-order valence-corrected chi connectivity index (χ3v) is 8.19. The summed E-state index contributed by atoms with van der Waals surface area (Å²) in [6.45, 7) is 3.61. The maximum Gasteiger partial charge on any atom is 0.254 e. The van der Waals surface area contributed by atoms with Gasteiger partial charge in [0.15, 0.2) is 0 Å². The van der Waals surface area contributed by atoms with Crippen molar-refractivity contribution in [1.29, 1.82) is 5.26 Å². The number of amides is 1. The molecule has 2 N–H and O–H groups in total. The summed E-state index contributed by atoms with van der Waals surface area (Å²) >= 11 is 0. The van der Waals surface area contributed by atoms with E-state index in [2.05, 4.69) is 27.0 Å². The topological polar surface area (TPSA) is 109 Å². The van der Waals surface area contributed by atoms with Gasteiger partial charge < -0.3 is 24.5 Å². The zero-order valence-corrected chi connectivity index (χ0v) is 22.2. The number of β-amino-alcohol motifs (C(OH)–C–C–N with tert-alkyl or cyclic N) is 1. The Hall–Kier alpha value is -4.53. The van der Waals surface area contributed by atoms with Crippen LogP contribution in [0.25, 0.3) is 33.3 Å². The molecule has 0 spiro atoms. The van der Waals surface area contributed by atoms with E-state index in [-0.39, 0.29) is 35.8 Å². The van der Waals surface area contributed by atoms with Crippen molar-refractivity contribution in [3.05, 3.63) is 65.2 Å². The molecule has 3 aliphatic rings. The summed E-state index contributed by atoms with van der Waals surface area (Å²) in [5.74, 6) is -1.73. The van der Waals surface area contributed by atoms with Crippen LogP contribution in [0.2, 0.25) is 0 Å². The van der Waals surface area contributed by atoms with Gasteiger partial charge >= 0.3 is 0 Å². The van der Waals surface area contributed by atoms with E-state index in [1.165, 1.54) is 11.0 Å². The van der Waals surface area contributed by atoms with Crippen molar-refractivity contribution in [1.82, 2.24) is 20.0 Å². The van der Waals surface area contributed by atoms with Gasteiger partial charge in [0.2, 0.25) is 0 Å². The predicted octanol–water partition coefficient (Wildman–Crippen LogP) is 3.38. The van der Waals surface area contributed by atoms with Crippen molar-refractivity contribution >= 4 is 22.5 Å². The van der Waals surface area contributed by atoms with Crippen LogP contribution in [0.5, 0.6) is 5.75 Å². The third-order valence-electron chi connectivity index (χ3n) is 8.19. The van der Waals surface area contributed by atoms with Crippen molar-refractivity contribution in [2.24, 2.45) is 0 Å². The molecular formula is C30H26F2N6O3. The van der Waals surface area contributed by atoms with Crippen LogP contribution in [0, 0.1) is 23.0 Å². The summed E-state index contributed by atoms with van der Waals surface area (Å²) in [7, 11) is 2.11. The number of nitrogens with zero attached hydrogens (tertiary/aromatic N) is 5. The molecule has 3 aromatic carbocycles. The molecule has 11 heteroatoms. The number of nitrogens with one attached hydrogen (secondary N) is 1. The summed E-state index contributed by atoms with van der Waals surface area (Å²) in [6, 6.07) is 13.2. The fourth-order valence-corrected chi connectivity index (χ4v) is 6.01. The number of aromatic nitrogens is 2. The first-order valence-electron chi connectivity index (χ1n) is 13.4. The first kappa shape index (κ1) is 25.4. The number of likely N-dealkylation sites (N-methyl/N-ethyl adjacent to an activating group) is 1. The molecule has 0 aliphatic carbocycles. The number of aliphatic hydroxyl groups excluding tert-OH is 1. The van der Waals surface area contributed by atoms with Crippen LogP contribution < -0.4 is 9.64 Å². The van der Waals surface area contributed by atoms with E-state index in [0.717, 1.165) is 48.8 Å². The highest BCUT2D eigenvalue weighted by molar-refractivity contribution is 5.99. The molecule has 208 valence electrons. The number of aliphatic hydroxyl groups is 1. The van der Waals surface area contributed by atoms with Crippen LogP contribution in [0.3, 0.4) is 0 Å². The van der Waals surface area contributed by atoms with Gasteiger partial charge in [-0.15, -0.1) is 0 Å². The van der Waals surface area contributed by atoms with Crippen LogP contribution in [0.4, 0.5) is 14.5 Å². The monoisotopic (exact) mass is 556 g/mol. The molecule has 1 amide bonds.